The molecule has 0 aliphatic heterocycles. The maximum Gasteiger partial charge on any atom is 0.213 e. The third-order valence-corrected chi connectivity index (χ3v) is 3.39. The van der Waals surface area contributed by atoms with Crippen molar-refractivity contribution in [1.29, 1.82) is 0 Å². The number of benzene rings is 1. The number of anilines is 1. The molecule has 3 nitrogen and oxygen atoms in total. The molecule has 4 heteroatoms. The van der Waals surface area contributed by atoms with Gasteiger partial charge in [-0.3, -0.25) is 0 Å². The van der Waals surface area contributed by atoms with E-state index in [1.807, 2.05) is 24.3 Å². The molecule has 0 fully saturated rings. The lowest BCUT2D eigenvalue weighted by Crippen LogP contribution is -2.10. The average molecular weight is 291 g/mol. The van der Waals surface area contributed by atoms with Crippen LogP contribution in [0.2, 0.25) is 5.02 Å². The van der Waals surface area contributed by atoms with E-state index in [4.69, 9.17) is 16.3 Å². The van der Waals surface area contributed by atoms with Crippen LogP contribution in [0.4, 0.5) is 5.69 Å². The van der Waals surface area contributed by atoms with Crippen molar-refractivity contribution in [2.45, 2.75) is 25.8 Å². The molecule has 0 spiro atoms. The average Bonchev–Trinajstić information content (AvgIpc) is 2.48. The number of nitrogens with one attached hydrogen (secondary N) is 1. The molecule has 0 saturated heterocycles. The van der Waals surface area contributed by atoms with Crippen LogP contribution in [0.1, 0.15) is 31.4 Å². The fourth-order valence-corrected chi connectivity index (χ4v) is 2.22. The Morgan fingerprint density at radius 3 is 2.50 bits per heavy atom. The van der Waals surface area contributed by atoms with Crippen LogP contribution in [0.15, 0.2) is 42.6 Å². The standard InChI is InChI=1S/C16H19ClN2O/c1-3-4-15(12-5-7-13(17)8-6-12)19-14-9-10-16(20-2)18-11-14/h5-11,15,19H,3-4H2,1-2H3. The number of rotatable bonds is 6. The van der Waals surface area contributed by atoms with Crippen LogP contribution in [0, 0.1) is 0 Å². The Hall–Kier alpha value is -1.74. The summed E-state index contributed by atoms with van der Waals surface area (Å²) in [6.07, 6.45) is 3.94. The van der Waals surface area contributed by atoms with Crippen molar-refractivity contribution in [3.05, 3.63) is 53.2 Å². The summed E-state index contributed by atoms with van der Waals surface area (Å²) in [6.45, 7) is 2.18. The van der Waals surface area contributed by atoms with Gasteiger partial charge in [-0.1, -0.05) is 37.1 Å². The van der Waals surface area contributed by atoms with E-state index in [1.54, 1.807) is 13.3 Å². The van der Waals surface area contributed by atoms with Gasteiger partial charge in [-0.2, -0.15) is 0 Å². The number of hydrogen-bond acceptors (Lipinski definition) is 3. The number of aromatic nitrogens is 1. The quantitative estimate of drug-likeness (QED) is 0.837. The van der Waals surface area contributed by atoms with Gasteiger partial charge in [0.2, 0.25) is 5.88 Å². The first-order valence-electron chi connectivity index (χ1n) is 6.75. The van der Waals surface area contributed by atoms with Crippen LogP contribution >= 0.6 is 11.6 Å². The van der Waals surface area contributed by atoms with Crippen molar-refractivity contribution in [2.75, 3.05) is 12.4 Å². The molecule has 0 bridgehead atoms. The van der Waals surface area contributed by atoms with E-state index in [1.165, 1.54) is 5.56 Å². The monoisotopic (exact) mass is 290 g/mol. The van der Waals surface area contributed by atoms with Gasteiger partial charge in [0.25, 0.3) is 0 Å². The summed E-state index contributed by atoms with van der Waals surface area (Å²) in [7, 11) is 1.61. The Morgan fingerprint density at radius 2 is 1.95 bits per heavy atom. The molecule has 1 aromatic heterocycles. The number of methoxy groups -OCH3 is 1. The number of hydrogen-bond donors (Lipinski definition) is 1. The van der Waals surface area contributed by atoms with E-state index in [0.717, 1.165) is 23.6 Å². The highest BCUT2D eigenvalue weighted by Gasteiger charge is 2.10. The van der Waals surface area contributed by atoms with Crippen LogP contribution in [0.25, 0.3) is 0 Å². The summed E-state index contributed by atoms with van der Waals surface area (Å²) >= 11 is 5.94. The van der Waals surface area contributed by atoms with E-state index in [-0.39, 0.29) is 6.04 Å². The lowest BCUT2D eigenvalue weighted by molar-refractivity contribution is 0.398. The molecule has 0 amide bonds. The molecule has 1 unspecified atom stereocenters. The van der Waals surface area contributed by atoms with E-state index in [0.29, 0.717) is 5.88 Å². The zero-order chi connectivity index (χ0) is 14.4. The molecule has 2 aromatic rings. The smallest absolute Gasteiger partial charge is 0.213 e. The van der Waals surface area contributed by atoms with Crippen molar-refractivity contribution < 1.29 is 4.74 Å². The van der Waals surface area contributed by atoms with Gasteiger partial charge in [0, 0.05) is 11.1 Å². The lowest BCUT2D eigenvalue weighted by Gasteiger charge is -2.20. The van der Waals surface area contributed by atoms with Crippen molar-refractivity contribution in [3.8, 4) is 5.88 Å². The van der Waals surface area contributed by atoms with Gasteiger partial charge in [-0.05, 0) is 30.2 Å². The Morgan fingerprint density at radius 1 is 1.20 bits per heavy atom. The Balaban J connectivity index is 2.13. The number of ether oxygens (including phenoxy) is 1. The molecular weight excluding hydrogens is 272 g/mol. The van der Waals surface area contributed by atoms with Gasteiger partial charge >= 0.3 is 0 Å². The van der Waals surface area contributed by atoms with Crippen LogP contribution < -0.4 is 10.1 Å². The minimum atomic E-state index is 0.257. The van der Waals surface area contributed by atoms with Gasteiger partial charge in [0.05, 0.1) is 25.0 Å². The van der Waals surface area contributed by atoms with Crippen molar-refractivity contribution >= 4 is 17.3 Å². The van der Waals surface area contributed by atoms with E-state index in [9.17, 15) is 0 Å². The second-order valence-corrected chi connectivity index (χ2v) is 5.06. The van der Waals surface area contributed by atoms with Crippen LogP contribution in [-0.2, 0) is 0 Å². The van der Waals surface area contributed by atoms with Gasteiger partial charge in [-0.25, -0.2) is 4.98 Å². The highest BCUT2D eigenvalue weighted by atomic mass is 35.5. The van der Waals surface area contributed by atoms with Gasteiger partial charge in [-0.15, -0.1) is 0 Å². The topological polar surface area (TPSA) is 34.1 Å². The lowest BCUT2D eigenvalue weighted by atomic mass is 10.0. The Bertz CT molecular complexity index is 525. The summed E-state index contributed by atoms with van der Waals surface area (Å²) in [6, 6.07) is 12.1. The van der Waals surface area contributed by atoms with E-state index in [2.05, 4.69) is 29.4 Å². The Kier molecular flexibility index (Phi) is 5.24. The zero-order valence-corrected chi connectivity index (χ0v) is 12.5. The Labute approximate surface area is 124 Å². The zero-order valence-electron chi connectivity index (χ0n) is 11.8. The third kappa shape index (κ3) is 3.87. The summed E-state index contributed by atoms with van der Waals surface area (Å²) < 4.78 is 5.07. The number of halogens is 1. The molecule has 0 aliphatic carbocycles. The highest BCUT2D eigenvalue weighted by Crippen LogP contribution is 2.25. The van der Waals surface area contributed by atoms with Crippen molar-refractivity contribution in [3.63, 3.8) is 0 Å². The molecule has 1 heterocycles. The first-order valence-corrected chi connectivity index (χ1v) is 7.12. The van der Waals surface area contributed by atoms with Crippen LogP contribution in [-0.4, -0.2) is 12.1 Å². The van der Waals surface area contributed by atoms with Crippen molar-refractivity contribution in [2.24, 2.45) is 0 Å². The van der Waals surface area contributed by atoms with Crippen LogP contribution in [0.3, 0.4) is 0 Å². The number of nitrogens with zero attached hydrogens (tertiary/aromatic N) is 1. The fraction of sp³-hybridized carbons (Fsp3) is 0.312. The third-order valence-electron chi connectivity index (χ3n) is 3.14. The second-order valence-electron chi connectivity index (χ2n) is 4.63. The minimum Gasteiger partial charge on any atom is -0.481 e. The van der Waals surface area contributed by atoms with Crippen LogP contribution in [0.5, 0.6) is 5.88 Å². The molecule has 0 aliphatic rings. The first-order chi connectivity index (χ1) is 9.72. The highest BCUT2D eigenvalue weighted by molar-refractivity contribution is 6.30. The maximum absolute atomic E-state index is 5.94. The molecule has 106 valence electrons. The molecule has 0 radical (unpaired) electrons. The predicted molar refractivity (Wildman–Crippen MR) is 83.5 cm³/mol. The molecule has 1 atom stereocenters. The summed E-state index contributed by atoms with van der Waals surface area (Å²) in [5.41, 5.74) is 2.21. The van der Waals surface area contributed by atoms with E-state index >= 15 is 0 Å². The molecule has 1 aromatic carbocycles. The summed E-state index contributed by atoms with van der Waals surface area (Å²) in [4.78, 5) is 4.21. The molecular formula is C16H19ClN2O. The number of pyridine rings is 1. The van der Waals surface area contributed by atoms with Crippen molar-refractivity contribution in [1.82, 2.24) is 4.98 Å². The normalized spacial score (nSPS) is 11.9. The fourth-order valence-electron chi connectivity index (χ4n) is 2.09. The predicted octanol–water partition coefficient (Wildman–Crippen LogP) is 4.70. The van der Waals surface area contributed by atoms with Gasteiger partial charge in [0.1, 0.15) is 0 Å². The molecule has 20 heavy (non-hydrogen) atoms. The maximum atomic E-state index is 5.94. The molecule has 1 N–H and O–H groups in total. The molecule has 2 rings (SSSR count). The van der Waals surface area contributed by atoms with Gasteiger partial charge < -0.3 is 10.1 Å². The van der Waals surface area contributed by atoms with Gasteiger partial charge in [0.15, 0.2) is 0 Å². The second kappa shape index (κ2) is 7.15. The minimum absolute atomic E-state index is 0.257. The first kappa shape index (κ1) is 14.7. The summed E-state index contributed by atoms with van der Waals surface area (Å²) in [5, 5.41) is 4.27. The van der Waals surface area contributed by atoms with E-state index < -0.39 is 0 Å². The summed E-state index contributed by atoms with van der Waals surface area (Å²) in [5.74, 6) is 0.620. The molecule has 0 saturated carbocycles. The SMILES string of the molecule is CCCC(Nc1ccc(OC)nc1)c1ccc(Cl)cc1. The largest absolute Gasteiger partial charge is 0.481 e.